The van der Waals surface area contributed by atoms with Crippen LogP contribution in [0.25, 0.3) is 16.5 Å². The molecule has 7 heteroatoms. The summed E-state index contributed by atoms with van der Waals surface area (Å²) in [7, 11) is 0. The Morgan fingerprint density at radius 1 is 1.22 bits per heavy atom. The number of carbonyl (C=O) groups is 1. The number of aromatic nitrogens is 2. The lowest BCUT2D eigenvalue weighted by molar-refractivity contribution is -0.127. The number of benzene rings is 2. The Hall–Kier alpha value is -2.63. The molecule has 3 atom stereocenters. The highest BCUT2D eigenvalue weighted by atomic mass is 35.5. The minimum Gasteiger partial charge on any atom is -0.344 e. The van der Waals surface area contributed by atoms with Crippen molar-refractivity contribution in [2.75, 3.05) is 0 Å². The van der Waals surface area contributed by atoms with Gasteiger partial charge < -0.3 is 5.32 Å². The molecule has 1 aliphatic carbocycles. The van der Waals surface area contributed by atoms with E-state index in [1.54, 1.807) is 16.7 Å². The van der Waals surface area contributed by atoms with Gasteiger partial charge in [0, 0.05) is 11.4 Å². The van der Waals surface area contributed by atoms with Gasteiger partial charge in [-0.15, -0.1) is 0 Å². The Morgan fingerprint density at radius 2 is 2.00 bits per heavy atom. The number of nitrogens with one attached hydrogen (secondary N) is 1. The largest absolute Gasteiger partial charge is 0.344 e. The summed E-state index contributed by atoms with van der Waals surface area (Å²) < 4.78 is 1.58. The third kappa shape index (κ3) is 3.35. The minimum absolute atomic E-state index is 0.105. The molecule has 5 rings (SSSR count). The first-order chi connectivity index (χ1) is 15.4. The van der Waals surface area contributed by atoms with Crippen molar-refractivity contribution in [3.05, 3.63) is 79.8 Å². The molecule has 0 spiro atoms. The Labute approximate surface area is 196 Å². The van der Waals surface area contributed by atoms with E-state index < -0.39 is 6.04 Å². The van der Waals surface area contributed by atoms with Gasteiger partial charge in [0.25, 0.3) is 5.56 Å². The predicted molar refractivity (Wildman–Crippen MR) is 128 cm³/mol. The molecule has 1 unspecified atom stereocenters. The highest BCUT2D eigenvalue weighted by Crippen LogP contribution is 2.38. The van der Waals surface area contributed by atoms with Crippen molar-refractivity contribution < 1.29 is 4.79 Å². The van der Waals surface area contributed by atoms with Crippen molar-refractivity contribution in [3.8, 4) is 0 Å². The van der Waals surface area contributed by atoms with Crippen LogP contribution in [0.3, 0.4) is 0 Å². The molecule has 0 radical (unpaired) electrons. The molecule has 0 saturated heterocycles. The van der Waals surface area contributed by atoms with Gasteiger partial charge in [0.1, 0.15) is 11.9 Å². The van der Waals surface area contributed by atoms with Crippen LogP contribution in [-0.2, 0) is 11.2 Å². The van der Waals surface area contributed by atoms with Crippen LogP contribution < -0.4 is 10.9 Å². The molecule has 2 aromatic carbocycles. The summed E-state index contributed by atoms with van der Waals surface area (Å²) in [6.45, 7) is 4.10. The van der Waals surface area contributed by atoms with Gasteiger partial charge in [-0.1, -0.05) is 73.8 Å². The molecule has 1 N–H and O–H groups in total. The van der Waals surface area contributed by atoms with Crippen LogP contribution in [0.5, 0.6) is 0 Å². The van der Waals surface area contributed by atoms with E-state index in [4.69, 9.17) is 28.2 Å². The number of hydrogen-bond acceptors (Lipinski definition) is 3. The Balaban J connectivity index is 1.70. The first-order valence-electron chi connectivity index (χ1n) is 10.9. The summed E-state index contributed by atoms with van der Waals surface area (Å²) in [5.41, 5.74) is 3.58. The fourth-order valence-corrected chi connectivity index (χ4v) is 5.31. The number of halogens is 2. The summed E-state index contributed by atoms with van der Waals surface area (Å²) >= 11 is 12.6. The predicted octanol–water partition coefficient (Wildman–Crippen LogP) is 5.49. The molecular weight excluding hydrogens is 445 g/mol. The number of fused-ring (bicyclic) bond motifs is 3. The van der Waals surface area contributed by atoms with Crippen molar-refractivity contribution in [2.45, 2.75) is 45.2 Å². The minimum atomic E-state index is -0.690. The second-order valence-electron chi connectivity index (χ2n) is 8.61. The summed E-state index contributed by atoms with van der Waals surface area (Å²) in [6.07, 6.45) is 4.23. The Morgan fingerprint density at radius 3 is 2.78 bits per heavy atom. The van der Waals surface area contributed by atoms with Gasteiger partial charge in [0.15, 0.2) is 0 Å². The van der Waals surface area contributed by atoms with Crippen molar-refractivity contribution in [3.63, 3.8) is 0 Å². The molecule has 1 aromatic heterocycles. The molecule has 1 amide bonds. The zero-order valence-corrected chi connectivity index (χ0v) is 19.4. The lowest BCUT2D eigenvalue weighted by atomic mass is 9.92. The molecular formula is C25H23Cl2N3O2. The van der Waals surface area contributed by atoms with Gasteiger partial charge in [-0.05, 0) is 41.2 Å². The van der Waals surface area contributed by atoms with Crippen LogP contribution in [0.2, 0.25) is 10.0 Å². The van der Waals surface area contributed by atoms with E-state index >= 15 is 0 Å². The second kappa shape index (κ2) is 8.05. The molecule has 32 heavy (non-hydrogen) atoms. The molecule has 164 valence electrons. The topological polar surface area (TPSA) is 64.0 Å². The maximum atomic E-state index is 13.7. The van der Waals surface area contributed by atoms with Gasteiger partial charge in [0.2, 0.25) is 5.91 Å². The lowest BCUT2D eigenvalue weighted by Gasteiger charge is -2.35. The van der Waals surface area contributed by atoms with Crippen LogP contribution >= 0.6 is 23.2 Å². The highest BCUT2D eigenvalue weighted by Gasteiger charge is 2.38. The van der Waals surface area contributed by atoms with Gasteiger partial charge in [-0.2, -0.15) is 0 Å². The van der Waals surface area contributed by atoms with Gasteiger partial charge in [0.05, 0.1) is 22.0 Å². The van der Waals surface area contributed by atoms with E-state index in [9.17, 15) is 9.59 Å². The number of hydrogen-bond donors (Lipinski definition) is 1. The molecule has 3 aromatic rings. The summed E-state index contributed by atoms with van der Waals surface area (Å²) in [5, 5.41) is 4.16. The first kappa shape index (κ1) is 21.2. The van der Waals surface area contributed by atoms with Crippen molar-refractivity contribution in [1.29, 1.82) is 0 Å². The number of amides is 1. The smallest absolute Gasteiger partial charge is 0.262 e. The van der Waals surface area contributed by atoms with Crippen LogP contribution in [0, 0.1) is 5.92 Å². The molecule has 0 fully saturated rings. The maximum Gasteiger partial charge on any atom is 0.262 e. The highest BCUT2D eigenvalue weighted by molar-refractivity contribution is 6.38. The van der Waals surface area contributed by atoms with E-state index in [2.05, 4.69) is 30.4 Å². The number of allylic oxidation sites excluding steroid dienone is 2. The van der Waals surface area contributed by atoms with Crippen molar-refractivity contribution >= 4 is 45.6 Å². The SMILES string of the molecule is CCC(C)[C@@H]1NC(=O)[C@@H](CC2=CCc3ccccc32)n2c1nc1c(Cl)cc(Cl)cc1c2=O. The van der Waals surface area contributed by atoms with Crippen molar-refractivity contribution in [1.82, 2.24) is 14.9 Å². The molecule has 1 aliphatic heterocycles. The molecule has 0 bridgehead atoms. The van der Waals surface area contributed by atoms with E-state index in [0.29, 0.717) is 33.2 Å². The Bertz CT molecular complexity index is 1350. The summed E-state index contributed by atoms with van der Waals surface area (Å²) in [5.74, 6) is 0.495. The van der Waals surface area contributed by atoms with Crippen molar-refractivity contribution in [2.24, 2.45) is 5.92 Å². The number of carbonyl (C=O) groups excluding carboxylic acids is 1. The van der Waals surface area contributed by atoms with Gasteiger partial charge in [-0.3, -0.25) is 14.2 Å². The van der Waals surface area contributed by atoms with Crippen LogP contribution in [0.15, 0.2) is 47.3 Å². The number of nitrogens with zero attached hydrogens (tertiary/aromatic N) is 2. The van der Waals surface area contributed by atoms with Crippen LogP contribution in [-0.4, -0.2) is 15.5 Å². The summed E-state index contributed by atoms with van der Waals surface area (Å²) in [6, 6.07) is 10.3. The third-order valence-corrected chi connectivity index (χ3v) is 7.21. The lowest BCUT2D eigenvalue weighted by Crippen LogP contribution is -2.49. The zero-order chi connectivity index (χ0) is 22.6. The van der Waals surface area contributed by atoms with E-state index in [0.717, 1.165) is 24.0 Å². The molecule has 5 nitrogen and oxygen atoms in total. The number of rotatable bonds is 4. The molecule has 0 saturated carbocycles. The Kier molecular flexibility index (Phi) is 5.34. The van der Waals surface area contributed by atoms with E-state index in [1.165, 1.54) is 5.56 Å². The zero-order valence-electron chi connectivity index (χ0n) is 17.9. The summed E-state index contributed by atoms with van der Waals surface area (Å²) in [4.78, 5) is 31.9. The molecule has 2 aliphatic rings. The average Bonchev–Trinajstić information content (AvgIpc) is 3.18. The monoisotopic (exact) mass is 467 g/mol. The maximum absolute atomic E-state index is 13.7. The fourth-order valence-electron chi connectivity index (χ4n) is 4.77. The third-order valence-electron chi connectivity index (χ3n) is 6.70. The van der Waals surface area contributed by atoms with Gasteiger partial charge >= 0.3 is 0 Å². The van der Waals surface area contributed by atoms with Gasteiger partial charge in [-0.25, -0.2) is 4.98 Å². The first-order valence-corrected chi connectivity index (χ1v) is 11.6. The normalized spacial score (nSPS) is 20.5. The fraction of sp³-hybridized carbons (Fsp3) is 0.320. The van der Waals surface area contributed by atoms with Crippen LogP contribution in [0.4, 0.5) is 0 Å². The van der Waals surface area contributed by atoms with E-state index in [1.807, 2.05) is 19.1 Å². The average molecular weight is 468 g/mol. The van der Waals surface area contributed by atoms with E-state index in [-0.39, 0.29) is 23.4 Å². The quantitative estimate of drug-likeness (QED) is 0.551. The molecule has 2 heterocycles. The van der Waals surface area contributed by atoms with Crippen LogP contribution in [0.1, 0.15) is 55.7 Å². The standard InChI is InChI=1S/C25H23Cl2N3O2/c1-3-13(2)21-23-28-22-18(11-16(26)12-19(22)27)25(32)30(23)20(24(31)29-21)10-15-9-8-14-6-4-5-7-17(14)15/h4-7,9,11-13,20-21H,3,8,10H2,1-2H3,(H,29,31)/t13?,20-,21+/m1/s1. The second-order valence-corrected chi connectivity index (χ2v) is 9.45.